The first-order valence-electron chi connectivity index (χ1n) is 12.7. The van der Waals surface area contributed by atoms with Gasteiger partial charge in [-0.25, -0.2) is 19.0 Å². The third-order valence-corrected chi connectivity index (χ3v) is 6.54. The zero-order valence-corrected chi connectivity index (χ0v) is 23.7. The van der Waals surface area contributed by atoms with Crippen LogP contribution >= 0.6 is 11.6 Å². The lowest BCUT2D eigenvalue weighted by molar-refractivity contribution is 0.0527. The molecule has 212 valence electrons. The fraction of sp³-hybridized carbons (Fsp3) is 0.357. The largest absolute Gasteiger partial charge is 0.489 e. The molecule has 0 bridgehead atoms. The number of hydrogen-bond donors (Lipinski definition) is 2. The number of ether oxygens (including phenoxy) is 2. The summed E-state index contributed by atoms with van der Waals surface area (Å²) in [6, 6.07) is 6.72. The number of carbonyl (C=O) groups is 2. The van der Waals surface area contributed by atoms with Gasteiger partial charge in [0.05, 0.1) is 11.6 Å². The smallest absolute Gasteiger partial charge is 0.407 e. The second kappa shape index (κ2) is 11.5. The first-order valence-corrected chi connectivity index (χ1v) is 13.0. The van der Waals surface area contributed by atoms with Gasteiger partial charge in [0.25, 0.3) is 0 Å². The number of aryl methyl sites for hydroxylation is 1. The van der Waals surface area contributed by atoms with Crippen LogP contribution in [0.5, 0.6) is 5.75 Å². The molecule has 0 unspecified atom stereocenters. The second-order valence-electron chi connectivity index (χ2n) is 10.3. The Labute approximate surface area is 235 Å². The molecule has 0 fully saturated rings. The summed E-state index contributed by atoms with van der Waals surface area (Å²) in [5, 5.41) is 16.2. The number of aromatic nitrogens is 4. The van der Waals surface area contributed by atoms with Gasteiger partial charge >= 0.3 is 12.1 Å². The Balaban J connectivity index is 1.56. The zero-order chi connectivity index (χ0) is 29.2. The van der Waals surface area contributed by atoms with Gasteiger partial charge in [-0.3, -0.25) is 4.68 Å². The van der Waals surface area contributed by atoms with Crippen molar-refractivity contribution < 1.29 is 28.6 Å². The molecular formula is C28H31ClFN5O5. The molecule has 1 amide bonds. The van der Waals surface area contributed by atoms with Gasteiger partial charge < -0.3 is 24.3 Å². The van der Waals surface area contributed by atoms with Crippen LogP contribution in [0.2, 0.25) is 5.02 Å². The van der Waals surface area contributed by atoms with Crippen LogP contribution in [0.15, 0.2) is 36.7 Å². The SMILES string of the molecule is Cc1c(CCOc2c(-c3ccc4ncc(CCNC(=O)OC(C)(C)C)n4c3)ccc(Cl)c2F)c(C(=O)O)nn1C. The molecule has 0 radical (unpaired) electrons. The van der Waals surface area contributed by atoms with Crippen LogP contribution in [-0.4, -0.2) is 55.1 Å². The van der Waals surface area contributed by atoms with Crippen molar-refractivity contribution in [1.29, 1.82) is 0 Å². The molecule has 0 spiro atoms. The Kier molecular flexibility index (Phi) is 8.34. The van der Waals surface area contributed by atoms with Crippen molar-refractivity contribution >= 4 is 29.3 Å². The van der Waals surface area contributed by atoms with Crippen LogP contribution in [0.4, 0.5) is 9.18 Å². The van der Waals surface area contributed by atoms with Gasteiger partial charge in [0.1, 0.15) is 11.2 Å². The lowest BCUT2D eigenvalue weighted by Crippen LogP contribution is -2.33. The first kappa shape index (κ1) is 28.9. The molecule has 12 heteroatoms. The van der Waals surface area contributed by atoms with Crippen LogP contribution < -0.4 is 10.1 Å². The van der Waals surface area contributed by atoms with Gasteiger partial charge in [0, 0.05) is 66.9 Å². The number of pyridine rings is 1. The van der Waals surface area contributed by atoms with E-state index in [1.165, 1.54) is 10.7 Å². The number of halogens is 2. The van der Waals surface area contributed by atoms with Crippen LogP contribution in [0.25, 0.3) is 16.8 Å². The lowest BCUT2D eigenvalue weighted by Gasteiger charge is -2.19. The van der Waals surface area contributed by atoms with Gasteiger partial charge in [-0.15, -0.1) is 0 Å². The predicted molar refractivity (Wildman–Crippen MR) is 148 cm³/mol. The van der Waals surface area contributed by atoms with Crippen molar-refractivity contribution in [3.8, 4) is 16.9 Å². The number of nitrogens with zero attached hydrogens (tertiary/aromatic N) is 4. The first-order chi connectivity index (χ1) is 18.9. The predicted octanol–water partition coefficient (Wildman–Crippen LogP) is 5.22. The number of amides is 1. The minimum atomic E-state index is -1.14. The van der Waals surface area contributed by atoms with Crippen molar-refractivity contribution in [1.82, 2.24) is 24.5 Å². The molecule has 3 aromatic heterocycles. The number of alkyl carbamates (subject to hydrolysis) is 1. The maximum atomic E-state index is 15.2. The number of benzene rings is 1. The topological polar surface area (TPSA) is 120 Å². The van der Waals surface area contributed by atoms with E-state index in [0.29, 0.717) is 41.0 Å². The number of carboxylic acids is 1. The highest BCUT2D eigenvalue weighted by molar-refractivity contribution is 6.31. The van der Waals surface area contributed by atoms with Crippen LogP contribution in [0.1, 0.15) is 48.2 Å². The third-order valence-electron chi connectivity index (χ3n) is 6.25. The van der Waals surface area contributed by atoms with Gasteiger partial charge in [-0.05, 0) is 52.0 Å². The summed E-state index contributed by atoms with van der Waals surface area (Å²) in [5.41, 5.74) is 3.19. The highest BCUT2D eigenvalue weighted by Gasteiger charge is 2.21. The normalized spacial score (nSPS) is 11.6. The molecule has 10 nitrogen and oxygen atoms in total. The van der Waals surface area contributed by atoms with E-state index in [4.69, 9.17) is 21.1 Å². The van der Waals surface area contributed by atoms with Gasteiger partial charge in [-0.1, -0.05) is 11.6 Å². The summed E-state index contributed by atoms with van der Waals surface area (Å²) in [5.74, 6) is -1.90. The highest BCUT2D eigenvalue weighted by Crippen LogP contribution is 2.36. The van der Waals surface area contributed by atoms with E-state index in [-0.39, 0.29) is 29.5 Å². The molecule has 0 aliphatic rings. The fourth-order valence-corrected chi connectivity index (χ4v) is 4.41. The maximum Gasteiger partial charge on any atom is 0.407 e. The minimum absolute atomic E-state index is 0.00593. The third kappa shape index (κ3) is 6.36. The van der Waals surface area contributed by atoms with Gasteiger partial charge in [-0.2, -0.15) is 5.10 Å². The molecule has 4 aromatic rings. The van der Waals surface area contributed by atoms with Crippen molar-refractivity contribution in [2.75, 3.05) is 13.2 Å². The summed E-state index contributed by atoms with van der Waals surface area (Å²) in [4.78, 5) is 28.0. The number of carbonyl (C=O) groups excluding carboxylic acids is 1. The Morgan fingerprint density at radius 3 is 2.62 bits per heavy atom. The number of fused-ring (bicyclic) bond motifs is 1. The van der Waals surface area contributed by atoms with Crippen LogP contribution in [0.3, 0.4) is 0 Å². The Morgan fingerprint density at radius 2 is 1.93 bits per heavy atom. The molecule has 0 aliphatic heterocycles. The average Bonchev–Trinajstić information content (AvgIpc) is 3.41. The van der Waals surface area contributed by atoms with E-state index in [0.717, 1.165) is 5.69 Å². The summed E-state index contributed by atoms with van der Waals surface area (Å²) in [6.07, 6.45) is 3.72. The van der Waals surface area contributed by atoms with Crippen molar-refractivity contribution in [3.63, 3.8) is 0 Å². The van der Waals surface area contributed by atoms with Crippen LogP contribution in [-0.2, 0) is 24.6 Å². The molecular weight excluding hydrogens is 541 g/mol. The monoisotopic (exact) mass is 571 g/mol. The fourth-order valence-electron chi connectivity index (χ4n) is 4.26. The average molecular weight is 572 g/mol. The van der Waals surface area contributed by atoms with E-state index < -0.39 is 23.5 Å². The molecule has 0 saturated carbocycles. The van der Waals surface area contributed by atoms with E-state index in [1.807, 2.05) is 10.6 Å². The minimum Gasteiger partial charge on any atom is -0.489 e. The molecule has 0 atom stereocenters. The lowest BCUT2D eigenvalue weighted by atomic mass is 10.1. The van der Waals surface area contributed by atoms with Gasteiger partial charge in [0.2, 0.25) is 0 Å². The van der Waals surface area contributed by atoms with E-state index >= 15 is 4.39 Å². The number of aromatic carboxylic acids is 1. The molecule has 4 rings (SSSR count). The summed E-state index contributed by atoms with van der Waals surface area (Å²) in [6.45, 7) is 7.49. The van der Waals surface area contributed by atoms with Gasteiger partial charge in [0.15, 0.2) is 17.3 Å². The Hall–Kier alpha value is -4.12. The van der Waals surface area contributed by atoms with Crippen molar-refractivity contribution in [2.45, 2.75) is 46.1 Å². The maximum absolute atomic E-state index is 15.2. The number of rotatable bonds is 9. The quantitative estimate of drug-likeness (QED) is 0.282. The van der Waals surface area contributed by atoms with Crippen molar-refractivity contribution in [3.05, 3.63) is 70.1 Å². The standard InChI is InChI=1S/C28H31ClFN5O5/c1-16-19(24(26(36)37)33-34(16)5)11-13-39-25-20(7-8-21(29)23(25)30)17-6-9-22-32-14-18(35(22)15-17)10-12-31-27(38)40-28(2,3)4/h6-9,14-15H,10-13H2,1-5H3,(H,31,38)(H,36,37). The molecule has 2 N–H and O–H groups in total. The number of carboxylic acid groups (broad SMARTS) is 1. The van der Waals surface area contributed by atoms with E-state index in [1.54, 1.807) is 59.1 Å². The molecule has 1 aromatic carbocycles. The molecule has 3 heterocycles. The highest BCUT2D eigenvalue weighted by atomic mass is 35.5. The summed E-state index contributed by atoms with van der Waals surface area (Å²) < 4.78 is 29.7. The Bertz CT molecular complexity index is 1570. The van der Waals surface area contributed by atoms with E-state index in [9.17, 15) is 14.7 Å². The number of hydrogen-bond acceptors (Lipinski definition) is 6. The number of imidazole rings is 1. The van der Waals surface area contributed by atoms with E-state index in [2.05, 4.69) is 15.4 Å². The molecule has 0 saturated heterocycles. The second-order valence-corrected chi connectivity index (χ2v) is 10.7. The molecule has 0 aliphatic carbocycles. The summed E-state index contributed by atoms with van der Waals surface area (Å²) in [7, 11) is 1.66. The zero-order valence-electron chi connectivity index (χ0n) is 22.9. The summed E-state index contributed by atoms with van der Waals surface area (Å²) >= 11 is 6.08. The van der Waals surface area contributed by atoms with Crippen LogP contribution in [0, 0.1) is 12.7 Å². The number of nitrogens with one attached hydrogen (secondary N) is 1. The van der Waals surface area contributed by atoms with Crippen molar-refractivity contribution in [2.24, 2.45) is 7.05 Å². The molecule has 40 heavy (non-hydrogen) atoms. The Morgan fingerprint density at radius 1 is 1.18 bits per heavy atom.